The number of methoxy groups -OCH3 is 1. The van der Waals surface area contributed by atoms with Crippen molar-refractivity contribution in [2.75, 3.05) is 20.3 Å². The Morgan fingerprint density at radius 1 is 1.23 bits per heavy atom. The van der Waals surface area contributed by atoms with Crippen LogP contribution in [0.2, 0.25) is 0 Å². The Kier molecular flexibility index (Phi) is 8.36. The standard InChI is InChI=1S/C24H44N2O4/c1-15(22(29)25-12-13-30-7)17-8-10-24(6)11-9-18(16(2)20(24)21(17)28)26-19(27)14-23(3,4)5/h15-18,20-21,28H,8-14H2,1-7H3,(H,25,29)(H,26,27)/t15-,16+,17-,18-,20+,21-,24-/m0/s1. The van der Waals surface area contributed by atoms with Gasteiger partial charge in [-0.3, -0.25) is 9.59 Å². The minimum atomic E-state index is -0.538. The molecule has 3 N–H and O–H groups in total. The van der Waals surface area contributed by atoms with E-state index >= 15 is 0 Å². The predicted molar refractivity (Wildman–Crippen MR) is 119 cm³/mol. The zero-order valence-corrected chi connectivity index (χ0v) is 20.1. The van der Waals surface area contributed by atoms with Crippen molar-refractivity contribution in [3.63, 3.8) is 0 Å². The van der Waals surface area contributed by atoms with Crippen molar-refractivity contribution in [3.8, 4) is 0 Å². The van der Waals surface area contributed by atoms with Crippen molar-refractivity contribution in [1.82, 2.24) is 10.6 Å². The Morgan fingerprint density at radius 3 is 2.47 bits per heavy atom. The number of hydrogen-bond donors (Lipinski definition) is 3. The minimum absolute atomic E-state index is 0.0156. The quantitative estimate of drug-likeness (QED) is 0.548. The fourth-order valence-corrected chi connectivity index (χ4v) is 5.87. The molecule has 6 heteroatoms. The molecule has 0 unspecified atom stereocenters. The van der Waals surface area contributed by atoms with Gasteiger partial charge < -0.3 is 20.5 Å². The highest BCUT2D eigenvalue weighted by molar-refractivity contribution is 5.78. The van der Waals surface area contributed by atoms with Crippen LogP contribution in [0, 0.1) is 34.5 Å². The number of hydrogen-bond acceptors (Lipinski definition) is 4. The highest BCUT2D eigenvalue weighted by Crippen LogP contribution is 2.55. The normalized spacial score (nSPS) is 35.3. The van der Waals surface area contributed by atoms with Crippen LogP contribution in [0.5, 0.6) is 0 Å². The van der Waals surface area contributed by atoms with E-state index in [0.29, 0.717) is 19.6 Å². The van der Waals surface area contributed by atoms with Crippen LogP contribution in [0.3, 0.4) is 0 Å². The largest absolute Gasteiger partial charge is 0.392 e. The SMILES string of the molecule is COCCNC(=O)[C@@H](C)[C@@H]1CC[C@@]2(C)CC[C@H](NC(=O)CC(C)(C)C)[C@@H](C)[C@@H]2[C@H]1O. The topological polar surface area (TPSA) is 87.7 Å². The van der Waals surface area contributed by atoms with E-state index in [1.807, 2.05) is 6.92 Å². The van der Waals surface area contributed by atoms with E-state index in [0.717, 1.165) is 25.7 Å². The third-order valence-corrected chi connectivity index (χ3v) is 7.59. The zero-order chi connectivity index (χ0) is 22.7. The Balaban J connectivity index is 2.08. The van der Waals surface area contributed by atoms with Gasteiger partial charge in [-0.2, -0.15) is 0 Å². The summed E-state index contributed by atoms with van der Waals surface area (Å²) < 4.78 is 5.01. The third-order valence-electron chi connectivity index (χ3n) is 7.59. The van der Waals surface area contributed by atoms with E-state index in [1.54, 1.807) is 7.11 Å². The van der Waals surface area contributed by atoms with E-state index in [-0.39, 0.29) is 52.4 Å². The van der Waals surface area contributed by atoms with E-state index in [4.69, 9.17) is 4.74 Å². The van der Waals surface area contributed by atoms with Crippen LogP contribution in [-0.2, 0) is 14.3 Å². The molecule has 0 aliphatic heterocycles. The highest BCUT2D eigenvalue weighted by atomic mass is 16.5. The number of amides is 2. The van der Waals surface area contributed by atoms with Gasteiger partial charge in [0.05, 0.1) is 12.7 Å². The summed E-state index contributed by atoms with van der Waals surface area (Å²) in [5, 5.41) is 17.6. The molecule has 0 saturated heterocycles. The molecule has 0 radical (unpaired) electrons. The van der Waals surface area contributed by atoms with Crippen LogP contribution in [0.1, 0.15) is 73.6 Å². The molecule has 0 aromatic rings. The first kappa shape index (κ1) is 25.1. The molecule has 2 fully saturated rings. The van der Waals surface area contributed by atoms with Crippen LogP contribution in [-0.4, -0.2) is 49.3 Å². The first-order chi connectivity index (χ1) is 13.9. The van der Waals surface area contributed by atoms with E-state index in [2.05, 4.69) is 45.3 Å². The number of aliphatic hydroxyl groups excluding tert-OH is 1. The molecule has 6 nitrogen and oxygen atoms in total. The zero-order valence-electron chi connectivity index (χ0n) is 20.1. The van der Waals surface area contributed by atoms with Crippen LogP contribution in [0.25, 0.3) is 0 Å². The molecule has 0 bridgehead atoms. The molecule has 2 aliphatic rings. The molecular weight excluding hydrogens is 380 g/mol. The highest BCUT2D eigenvalue weighted by Gasteiger charge is 2.53. The van der Waals surface area contributed by atoms with Gasteiger partial charge in [0.25, 0.3) is 0 Å². The lowest BCUT2D eigenvalue weighted by Gasteiger charge is -2.56. The molecule has 0 aromatic heterocycles. The second kappa shape index (κ2) is 9.99. The van der Waals surface area contributed by atoms with E-state index in [9.17, 15) is 14.7 Å². The van der Waals surface area contributed by atoms with E-state index in [1.165, 1.54) is 0 Å². The second-order valence-electron chi connectivity index (χ2n) is 11.3. The third kappa shape index (κ3) is 5.97. The van der Waals surface area contributed by atoms with Gasteiger partial charge in [-0.05, 0) is 54.3 Å². The molecule has 0 aromatic carbocycles. The number of ether oxygens (including phenoxy) is 1. The van der Waals surface area contributed by atoms with Gasteiger partial charge in [-0.1, -0.05) is 41.5 Å². The molecule has 0 spiro atoms. The molecule has 2 saturated carbocycles. The molecule has 2 aliphatic carbocycles. The molecule has 2 rings (SSSR count). The van der Waals surface area contributed by atoms with Gasteiger partial charge in [0.2, 0.25) is 11.8 Å². The fraction of sp³-hybridized carbons (Fsp3) is 0.917. The van der Waals surface area contributed by atoms with E-state index < -0.39 is 6.10 Å². The lowest BCUT2D eigenvalue weighted by Crippen LogP contribution is -2.58. The monoisotopic (exact) mass is 424 g/mol. The summed E-state index contributed by atoms with van der Waals surface area (Å²) in [6, 6.07) is 0.0807. The Bertz CT molecular complexity index is 603. The van der Waals surface area contributed by atoms with Gasteiger partial charge in [-0.25, -0.2) is 0 Å². The summed E-state index contributed by atoms with van der Waals surface area (Å²) in [5.74, 6) is 0.0313. The van der Waals surface area contributed by atoms with Crippen LogP contribution < -0.4 is 10.6 Å². The minimum Gasteiger partial charge on any atom is -0.392 e. The maximum absolute atomic E-state index is 12.6. The number of carbonyl (C=O) groups excluding carboxylic acids is 2. The summed E-state index contributed by atoms with van der Waals surface area (Å²) in [5.41, 5.74) is 0.0182. The Hall–Kier alpha value is -1.14. The Labute approximate surface area is 182 Å². The first-order valence-corrected chi connectivity index (χ1v) is 11.6. The molecule has 174 valence electrons. The maximum atomic E-state index is 12.6. The molecule has 7 atom stereocenters. The number of nitrogens with one attached hydrogen (secondary N) is 2. The molecule has 0 heterocycles. The molecular formula is C24H44N2O4. The second-order valence-corrected chi connectivity index (χ2v) is 11.3. The van der Waals surface area contributed by atoms with Crippen molar-refractivity contribution >= 4 is 11.8 Å². The average Bonchev–Trinajstić information content (AvgIpc) is 2.62. The Morgan fingerprint density at radius 2 is 1.87 bits per heavy atom. The smallest absolute Gasteiger partial charge is 0.223 e. The number of rotatable bonds is 7. The van der Waals surface area contributed by atoms with Crippen molar-refractivity contribution in [2.45, 2.75) is 85.8 Å². The fourth-order valence-electron chi connectivity index (χ4n) is 5.87. The molecule has 2 amide bonds. The van der Waals surface area contributed by atoms with Gasteiger partial charge in [0.15, 0.2) is 0 Å². The average molecular weight is 425 g/mol. The summed E-state index contributed by atoms with van der Waals surface area (Å²) >= 11 is 0. The number of fused-ring (bicyclic) bond motifs is 1. The van der Waals surface area contributed by atoms with Gasteiger partial charge in [-0.15, -0.1) is 0 Å². The predicted octanol–water partition coefficient (Wildman–Crippen LogP) is 3.13. The summed E-state index contributed by atoms with van der Waals surface area (Å²) in [7, 11) is 1.61. The maximum Gasteiger partial charge on any atom is 0.223 e. The van der Waals surface area contributed by atoms with Gasteiger partial charge in [0, 0.05) is 32.0 Å². The lowest BCUT2D eigenvalue weighted by molar-refractivity contribution is -0.144. The summed E-state index contributed by atoms with van der Waals surface area (Å²) in [6.07, 6.45) is 3.80. The molecule has 30 heavy (non-hydrogen) atoms. The van der Waals surface area contributed by atoms with Gasteiger partial charge >= 0.3 is 0 Å². The van der Waals surface area contributed by atoms with Crippen molar-refractivity contribution in [2.24, 2.45) is 34.5 Å². The van der Waals surface area contributed by atoms with Crippen LogP contribution >= 0.6 is 0 Å². The summed E-state index contributed by atoms with van der Waals surface area (Å²) in [4.78, 5) is 25.1. The van der Waals surface area contributed by atoms with Crippen molar-refractivity contribution in [1.29, 1.82) is 0 Å². The van der Waals surface area contributed by atoms with Crippen molar-refractivity contribution in [3.05, 3.63) is 0 Å². The van der Waals surface area contributed by atoms with Crippen LogP contribution in [0.15, 0.2) is 0 Å². The first-order valence-electron chi connectivity index (χ1n) is 11.6. The number of aliphatic hydroxyl groups is 1. The lowest BCUT2D eigenvalue weighted by atomic mass is 9.51. The van der Waals surface area contributed by atoms with Crippen LogP contribution in [0.4, 0.5) is 0 Å². The van der Waals surface area contributed by atoms with Gasteiger partial charge in [0.1, 0.15) is 0 Å². The summed E-state index contributed by atoms with van der Waals surface area (Å²) in [6.45, 7) is 13.6. The van der Waals surface area contributed by atoms with Crippen molar-refractivity contribution < 1.29 is 19.4 Å². The number of carbonyl (C=O) groups is 2.